The molecule has 32 heavy (non-hydrogen) atoms. The van der Waals surface area contributed by atoms with E-state index in [1.807, 2.05) is 0 Å². The van der Waals surface area contributed by atoms with Crippen LogP contribution in [-0.2, 0) is 45.7 Å². The number of nitrogens with two attached hydrogens (primary N) is 1. The van der Waals surface area contributed by atoms with Gasteiger partial charge in [-0.15, -0.1) is 0 Å². The average Bonchev–Trinajstić information content (AvgIpc) is 2.65. The molecule has 4 N–H and O–H groups in total. The molecule has 1 aliphatic heterocycles. The molecule has 0 bridgehead atoms. The van der Waals surface area contributed by atoms with Crippen LogP contribution in [0.25, 0.3) is 0 Å². The van der Waals surface area contributed by atoms with E-state index in [1.54, 1.807) is 35.1 Å². The molecule has 1 saturated heterocycles. The quantitative estimate of drug-likeness (QED) is 0.142. The van der Waals surface area contributed by atoms with Crippen molar-refractivity contribution in [1.82, 2.24) is 4.72 Å². The average molecular weight is 516 g/mol. The first-order chi connectivity index (χ1) is 14.0. The Morgan fingerprint density at radius 2 is 1.72 bits per heavy atom. The van der Waals surface area contributed by atoms with Crippen molar-refractivity contribution in [3.63, 3.8) is 0 Å². The third kappa shape index (κ3) is 11.5. The first-order valence-electron chi connectivity index (χ1n) is 8.64. The number of hydrogen-bond acceptors (Lipinski definition) is 12. The first kappa shape index (κ1) is 32.8. The zero-order chi connectivity index (χ0) is 22.4. The summed E-state index contributed by atoms with van der Waals surface area (Å²) < 4.78 is 88.2. The summed E-state index contributed by atoms with van der Waals surface area (Å²) in [4.78, 5) is 0. The fourth-order valence-corrected chi connectivity index (χ4v) is 3.68. The zero-order valence-corrected chi connectivity index (χ0v) is 23.2. The summed E-state index contributed by atoms with van der Waals surface area (Å²) in [6.45, 7) is -1.08. The molecule has 1 heterocycles. The minimum absolute atomic E-state index is 0. The number of hydrogen-bond donors (Lipinski definition) is 3. The number of rotatable bonds is 11. The van der Waals surface area contributed by atoms with E-state index < -0.39 is 58.0 Å². The number of ether oxygens (including phenoxy) is 3. The summed E-state index contributed by atoms with van der Waals surface area (Å²) in [5, 5.41) is 10.7. The molecule has 2 rings (SSSR count). The summed E-state index contributed by atoms with van der Waals surface area (Å²) in [6, 6.07) is 7.02. The minimum Gasteiger partial charge on any atom is -0.735 e. The molecule has 1 fully saturated rings. The van der Waals surface area contributed by atoms with Crippen LogP contribution in [0.5, 0.6) is 0 Å². The Morgan fingerprint density at radius 3 is 2.25 bits per heavy atom. The second kappa shape index (κ2) is 15.0. The molecule has 0 saturated carbocycles. The summed E-state index contributed by atoms with van der Waals surface area (Å²) in [6.07, 6.45) is -6.00. The smallest absolute Gasteiger partial charge is 0.735 e. The maximum absolute atomic E-state index is 11.2. The van der Waals surface area contributed by atoms with Gasteiger partial charge in [-0.2, -0.15) is 0 Å². The van der Waals surface area contributed by atoms with Gasteiger partial charge in [0.05, 0.1) is 19.8 Å². The number of aliphatic hydroxyl groups excluding tert-OH is 1. The van der Waals surface area contributed by atoms with Crippen molar-refractivity contribution < 1.29 is 109 Å². The van der Waals surface area contributed by atoms with Crippen molar-refractivity contribution in [2.75, 3.05) is 19.8 Å². The van der Waals surface area contributed by atoms with Crippen LogP contribution >= 0.6 is 0 Å². The minimum atomic E-state index is -5.10. The van der Waals surface area contributed by atoms with Crippen LogP contribution in [0.3, 0.4) is 0 Å². The van der Waals surface area contributed by atoms with Crippen molar-refractivity contribution in [2.45, 2.75) is 37.3 Å². The van der Waals surface area contributed by atoms with Crippen molar-refractivity contribution in [3.05, 3.63) is 35.9 Å². The fraction of sp³-hybridized carbons (Fsp3) is 0.600. The molecule has 0 spiro atoms. The van der Waals surface area contributed by atoms with Gasteiger partial charge in [0.2, 0.25) is 10.4 Å². The molecule has 1 aromatic rings. The molecule has 0 aromatic heterocycles. The van der Waals surface area contributed by atoms with E-state index in [0.717, 1.165) is 0 Å². The van der Waals surface area contributed by atoms with Crippen LogP contribution in [0.4, 0.5) is 0 Å². The molecule has 5 atom stereocenters. The van der Waals surface area contributed by atoms with Crippen LogP contribution < -0.4 is 69.6 Å². The Balaban J connectivity index is 0.00000480. The van der Waals surface area contributed by atoms with E-state index in [2.05, 4.69) is 4.18 Å². The molecule has 1 aliphatic rings. The van der Waals surface area contributed by atoms with Crippen LogP contribution in [0, 0.1) is 0 Å². The van der Waals surface area contributed by atoms with Gasteiger partial charge < -0.3 is 34.2 Å². The van der Waals surface area contributed by atoms with E-state index in [0.29, 0.717) is 5.56 Å². The summed E-state index contributed by atoms with van der Waals surface area (Å²) in [5.41, 5.74) is 6.00. The molecule has 172 valence electrons. The van der Waals surface area contributed by atoms with Gasteiger partial charge in [-0.1, -0.05) is 30.3 Å². The van der Waals surface area contributed by atoms with E-state index in [-0.39, 0.29) is 78.9 Å². The Morgan fingerprint density at radius 1 is 1.09 bits per heavy atom. The monoisotopic (exact) mass is 516 g/mol. The second-order valence-corrected chi connectivity index (χ2v) is 8.44. The van der Waals surface area contributed by atoms with Gasteiger partial charge in [0.25, 0.3) is 0 Å². The topological polar surface area (TPSA) is 210 Å². The molecule has 0 unspecified atom stereocenters. The Kier molecular flexibility index (Phi) is 15.4. The maximum Gasteiger partial charge on any atom is 1.00 e. The van der Waals surface area contributed by atoms with Gasteiger partial charge in [0.1, 0.15) is 24.4 Å². The third-order valence-electron chi connectivity index (χ3n) is 4.02. The number of aliphatic hydroxyl groups is 1. The predicted molar refractivity (Wildman–Crippen MR) is 97.0 cm³/mol. The Hall–Kier alpha value is 0.760. The van der Waals surface area contributed by atoms with Gasteiger partial charge in [-0.3, -0.25) is 4.18 Å². The maximum atomic E-state index is 11.2. The Labute approximate surface area is 230 Å². The van der Waals surface area contributed by atoms with E-state index in [4.69, 9.17) is 19.9 Å². The molecule has 13 nitrogen and oxygen atoms in total. The van der Waals surface area contributed by atoms with Crippen molar-refractivity contribution in [1.29, 1.82) is 0 Å². The molecule has 0 amide bonds. The molecule has 1 aromatic carbocycles. The van der Waals surface area contributed by atoms with E-state index in [1.165, 1.54) is 0 Å². The Bertz CT molecular complexity index is 875. The van der Waals surface area contributed by atoms with Crippen molar-refractivity contribution in [3.8, 4) is 0 Å². The largest absolute Gasteiger partial charge is 1.00 e. The van der Waals surface area contributed by atoms with Crippen LogP contribution in [0.2, 0.25) is 0 Å². The molecular weight excluding hydrogens is 494 g/mol. The van der Waals surface area contributed by atoms with Gasteiger partial charge >= 0.3 is 59.1 Å². The third-order valence-corrected chi connectivity index (χ3v) is 5.00. The predicted octanol–water partition coefficient (Wildman–Crippen LogP) is -8.46. The van der Waals surface area contributed by atoms with Crippen LogP contribution in [-0.4, -0.2) is 81.4 Å². The summed E-state index contributed by atoms with van der Waals surface area (Å²) in [5.74, 6) is 0. The summed E-state index contributed by atoms with van der Waals surface area (Å²) >= 11 is 0. The van der Waals surface area contributed by atoms with E-state index in [9.17, 15) is 31.0 Å². The van der Waals surface area contributed by atoms with Gasteiger partial charge in [0.15, 0.2) is 16.6 Å². The van der Waals surface area contributed by atoms with Crippen molar-refractivity contribution in [2.24, 2.45) is 5.73 Å². The van der Waals surface area contributed by atoms with Crippen LogP contribution in [0.1, 0.15) is 5.56 Å². The second-order valence-electron chi connectivity index (χ2n) is 6.24. The van der Waals surface area contributed by atoms with Crippen LogP contribution in [0.15, 0.2) is 30.3 Å². The number of nitrogens with one attached hydrogen (secondary N) is 1. The zero-order valence-electron chi connectivity index (χ0n) is 17.5. The summed E-state index contributed by atoms with van der Waals surface area (Å²) in [7, 11) is -10.1. The van der Waals surface area contributed by atoms with Gasteiger partial charge in [-0.25, -0.2) is 21.6 Å². The molecule has 17 heteroatoms. The van der Waals surface area contributed by atoms with Crippen molar-refractivity contribution >= 4 is 20.7 Å². The first-order valence-corrected chi connectivity index (χ1v) is 11.4. The van der Waals surface area contributed by atoms with Gasteiger partial charge in [-0.05, 0) is 5.56 Å². The van der Waals surface area contributed by atoms with Gasteiger partial charge in [0, 0.05) is 6.54 Å². The molecule has 0 aliphatic carbocycles. The normalized spacial score (nSPS) is 26.1. The SMILES string of the molecule is NCCO[C@H]1O[C@H](COS(=O)(=O)[O-])[C@@H](OCc2ccccc2)[C@H](O)[C@H]1NS(=O)(=O)[O-].[Na+].[Na+]. The molecule has 0 radical (unpaired) electrons. The fourth-order valence-electron chi connectivity index (χ4n) is 2.80. The molecular formula is C15H22N2Na2O11S2. The number of benzene rings is 1. The standard InChI is InChI=1S/C15H24N2O11S2.2Na/c16-6-7-25-15-12(17-29(19,20)21)13(18)14(11(28-15)9-27-30(22,23)24)26-8-10-4-2-1-3-5-10;;/h1-5,11-15,17-18H,6-9,16H2,(H,19,20,21)(H,22,23,24);;/q;2*+1/p-2/t11-,12-,13-,14-,15+;;/m1../s1. The van der Waals surface area contributed by atoms with E-state index >= 15 is 0 Å².